The fourth-order valence-corrected chi connectivity index (χ4v) is 0. The zero-order chi connectivity index (χ0) is 7.15. The van der Waals surface area contributed by atoms with E-state index in [2.05, 4.69) is 0 Å². The van der Waals surface area contributed by atoms with Crippen LogP contribution >= 0.6 is 0 Å². The summed E-state index contributed by atoms with van der Waals surface area (Å²) in [6.07, 6.45) is 0. The molecule has 0 heterocycles. The van der Waals surface area contributed by atoms with Crippen LogP contribution < -0.4 is 0 Å². The van der Waals surface area contributed by atoms with Crippen molar-refractivity contribution >= 4 is 29.6 Å². The van der Waals surface area contributed by atoms with Crippen LogP contribution in [0.4, 0.5) is 0 Å². The molecule has 0 saturated carbocycles. The van der Waals surface area contributed by atoms with E-state index in [9.17, 15) is 0 Å². The Balaban J connectivity index is -0.0000000300. The van der Waals surface area contributed by atoms with E-state index >= 15 is 0 Å². The predicted molar refractivity (Wildman–Crippen MR) is 27.9 cm³/mol. The standard InChI is InChI=1S/Fe.2NO3.Na.H/c;2*2-1(3)4;;/q;2*-1;;. The van der Waals surface area contributed by atoms with E-state index in [4.69, 9.17) is 30.6 Å². The Hall–Kier alpha value is -0.0805. The van der Waals surface area contributed by atoms with Gasteiger partial charge in [-0.15, -0.1) is 0 Å². The van der Waals surface area contributed by atoms with Gasteiger partial charge in [-0.2, -0.15) is 0 Å². The molecule has 58 valence electrons. The maximum atomic E-state index is 8.25. The Kier molecular flexibility index (Phi) is 36.0. The Morgan fingerprint density at radius 1 is 0.800 bits per heavy atom. The molecule has 0 fully saturated rings. The van der Waals surface area contributed by atoms with E-state index in [1.165, 1.54) is 0 Å². The normalized spacial score (nSPS) is 4.80. The van der Waals surface area contributed by atoms with Crippen molar-refractivity contribution < 1.29 is 27.2 Å². The summed E-state index contributed by atoms with van der Waals surface area (Å²) >= 11 is 0. The van der Waals surface area contributed by atoms with Crippen LogP contribution in [0.5, 0.6) is 0 Å². The van der Waals surface area contributed by atoms with Gasteiger partial charge < -0.3 is 30.6 Å². The van der Waals surface area contributed by atoms with Gasteiger partial charge in [0, 0.05) is 17.1 Å². The average molecular weight is 204 g/mol. The van der Waals surface area contributed by atoms with Crippen molar-refractivity contribution in [2.75, 3.05) is 0 Å². The fourth-order valence-electron chi connectivity index (χ4n) is 0. The van der Waals surface area contributed by atoms with Crippen LogP contribution in [0.25, 0.3) is 0 Å². The molecular weight excluding hydrogens is 203 g/mol. The Morgan fingerprint density at radius 3 is 0.800 bits per heavy atom. The second kappa shape index (κ2) is 16.0. The van der Waals surface area contributed by atoms with Gasteiger partial charge >= 0.3 is 29.6 Å². The van der Waals surface area contributed by atoms with Crippen molar-refractivity contribution in [1.29, 1.82) is 0 Å². The van der Waals surface area contributed by atoms with E-state index in [1.54, 1.807) is 0 Å². The first-order chi connectivity index (χ1) is 3.46. The molecule has 0 spiro atoms. The summed E-state index contributed by atoms with van der Waals surface area (Å²) in [6, 6.07) is 0. The molecule has 0 amide bonds. The summed E-state index contributed by atoms with van der Waals surface area (Å²) in [5.74, 6) is 0. The predicted octanol–water partition coefficient (Wildman–Crippen LogP) is -1.13. The first-order valence-electron chi connectivity index (χ1n) is 1.10. The van der Waals surface area contributed by atoms with E-state index < -0.39 is 10.2 Å². The summed E-state index contributed by atoms with van der Waals surface area (Å²) in [5, 5.41) is 29.5. The van der Waals surface area contributed by atoms with Gasteiger partial charge in [-0.3, -0.25) is 0 Å². The van der Waals surface area contributed by atoms with Crippen LogP contribution in [0.1, 0.15) is 0 Å². The molecule has 0 aromatic heterocycles. The minimum absolute atomic E-state index is 0. The molecular formula is HFeN2NaO6-2. The summed E-state index contributed by atoms with van der Waals surface area (Å²) in [5.41, 5.74) is 0. The van der Waals surface area contributed by atoms with Gasteiger partial charge in [0.05, 0.1) is 10.2 Å². The van der Waals surface area contributed by atoms with E-state index in [1.807, 2.05) is 0 Å². The number of rotatable bonds is 0. The second-order valence-corrected chi connectivity index (χ2v) is 0.447. The van der Waals surface area contributed by atoms with Gasteiger partial charge in [-0.25, -0.2) is 0 Å². The molecule has 0 saturated heterocycles. The molecule has 0 aromatic carbocycles. The van der Waals surface area contributed by atoms with Crippen molar-refractivity contribution in [2.45, 2.75) is 0 Å². The van der Waals surface area contributed by atoms with Crippen LogP contribution in [0.15, 0.2) is 0 Å². The van der Waals surface area contributed by atoms with Gasteiger partial charge in [-0.1, -0.05) is 0 Å². The molecule has 0 aliphatic heterocycles. The summed E-state index contributed by atoms with van der Waals surface area (Å²) in [7, 11) is 0. The number of hydrogen-bond acceptors (Lipinski definition) is 6. The number of nitrogens with zero attached hydrogens (tertiary/aromatic N) is 2. The maximum absolute atomic E-state index is 8.25. The second-order valence-electron chi connectivity index (χ2n) is 0.447. The molecule has 0 bridgehead atoms. The van der Waals surface area contributed by atoms with Crippen molar-refractivity contribution in [3.63, 3.8) is 0 Å². The van der Waals surface area contributed by atoms with Gasteiger partial charge in [0.25, 0.3) is 0 Å². The SMILES string of the molecule is O=[N+]([O-])[O-].O=[N+]([O-])[O-].[Fe].[NaH]. The third-order valence-electron chi connectivity index (χ3n) is 0. The van der Waals surface area contributed by atoms with Crippen LogP contribution in [-0.2, 0) is 17.1 Å². The molecule has 0 radical (unpaired) electrons. The summed E-state index contributed by atoms with van der Waals surface area (Å²) in [6.45, 7) is 0. The molecule has 8 nitrogen and oxygen atoms in total. The first-order valence-corrected chi connectivity index (χ1v) is 1.10. The molecule has 0 aromatic rings. The molecule has 0 aliphatic rings. The molecule has 10 heavy (non-hydrogen) atoms. The molecule has 0 rings (SSSR count). The summed E-state index contributed by atoms with van der Waals surface area (Å²) < 4.78 is 0. The van der Waals surface area contributed by atoms with Crippen molar-refractivity contribution in [1.82, 2.24) is 0 Å². The third-order valence-corrected chi connectivity index (χ3v) is 0. The minimum atomic E-state index is -1.75. The topological polar surface area (TPSA) is 132 Å². The van der Waals surface area contributed by atoms with Crippen molar-refractivity contribution in [2.24, 2.45) is 0 Å². The Morgan fingerprint density at radius 2 is 0.800 bits per heavy atom. The van der Waals surface area contributed by atoms with E-state index in [0.717, 1.165) is 0 Å². The third kappa shape index (κ3) is 58500. The summed E-state index contributed by atoms with van der Waals surface area (Å²) in [4.78, 5) is 16.5. The number of hydrogen-bond donors (Lipinski definition) is 0. The molecule has 0 atom stereocenters. The quantitative estimate of drug-likeness (QED) is 0.278. The zero-order valence-corrected chi connectivity index (χ0v) is 4.80. The van der Waals surface area contributed by atoms with Gasteiger partial charge in [0.1, 0.15) is 0 Å². The van der Waals surface area contributed by atoms with Gasteiger partial charge in [0.15, 0.2) is 0 Å². The molecule has 0 N–H and O–H groups in total. The Labute approximate surface area is 87.2 Å². The van der Waals surface area contributed by atoms with E-state index in [0.29, 0.717) is 0 Å². The zero-order valence-electron chi connectivity index (χ0n) is 3.70. The monoisotopic (exact) mass is 204 g/mol. The van der Waals surface area contributed by atoms with Gasteiger partial charge in [0.2, 0.25) is 0 Å². The van der Waals surface area contributed by atoms with E-state index in [-0.39, 0.29) is 46.6 Å². The van der Waals surface area contributed by atoms with Crippen LogP contribution in [0, 0.1) is 30.6 Å². The first kappa shape index (κ1) is 22.5. The van der Waals surface area contributed by atoms with Crippen molar-refractivity contribution in [3.8, 4) is 0 Å². The Bertz CT molecular complexity index is 73.7. The molecule has 10 heteroatoms. The molecule has 0 unspecified atom stereocenters. The van der Waals surface area contributed by atoms with Crippen LogP contribution in [-0.4, -0.2) is 39.7 Å². The fraction of sp³-hybridized carbons (Fsp3) is 0. The van der Waals surface area contributed by atoms with Gasteiger partial charge in [-0.05, 0) is 0 Å². The average Bonchev–Trinajstić information content (AvgIpc) is 1.25. The van der Waals surface area contributed by atoms with Crippen LogP contribution in [0.3, 0.4) is 0 Å². The van der Waals surface area contributed by atoms with Crippen LogP contribution in [0.2, 0.25) is 0 Å². The molecule has 0 aliphatic carbocycles. The van der Waals surface area contributed by atoms with Crippen molar-refractivity contribution in [3.05, 3.63) is 30.6 Å².